The molecule has 0 aliphatic heterocycles. The number of alkyl halides is 3. The Labute approximate surface area is 150 Å². The van der Waals surface area contributed by atoms with E-state index in [9.17, 15) is 22.8 Å². The zero-order chi connectivity index (χ0) is 18.6. The fraction of sp³-hybridized carbons (Fsp3) is 0.125. The number of anilines is 1. The van der Waals surface area contributed by atoms with Crippen molar-refractivity contribution in [2.45, 2.75) is 6.18 Å². The Kier molecular flexibility index (Phi) is 5.92. The number of hydrogen-bond donors (Lipinski definition) is 2. The molecule has 132 valence electrons. The van der Waals surface area contributed by atoms with Gasteiger partial charge in [0.25, 0.3) is 5.91 Å². The summed E-state index contributed by atoms with van der Waals surface area (Å²) < 4.78 is 38.1. The first-order valence-corrected chi connectivity index (χ1v) is 7.63. The summed E-state index contributed by atoms with van der Waals surface area (Å²) in [5, 5.41) is 4.98. The van der Waals surface area contributed by atoms with E-state index < -0.39 is 30.1 Å². The van der Waals surface area contributed by atoms with Gasteiger partial charge in [0.1, 0.15) is 0 Å². The topological polar surface area (TPSA) is 58.2 Å². The van der Waals surface area contributed by atoms with Crippen LogP contribution in [0, 0.1) is 0 Å². The number of hydrogen-bond acceptors (Lipinski definition) is 2. The Hall–Kier alpha value is -2.25. The van der Waals surface area contributed by atoms with Gasteiger partial charge < -0.3 is 10.6 Å². The maximum absolute atomic E-state index is 12.7. The molecule has 0 aliphatic rings. The summed E-state index contributed by atoms with van der Waals surface area (Å²) in [6.07, 6.45) is -4.56. The average Bonchev–Trinajstić information content (AvgIpc) is 2.54. The molecule has 9 heteroatoms. The SMILES string of the molecule is O=C(CNC(=O)c1ccc(Cl)cc1)Nc1cc(C(F)(F)F)ccc1Cl. The molecule has 0 bridgehead atoms. The second-order valence-electron chi connectivity index (χ2n) is 4.93. The van der Waals surface area contributed by atoms with Crippen molar-refractivity contribution in [3.8, 4) is 0 Å². The summed E-state index contributed by atoms with van der Waals surface area (Å²) in [6.45, 7) is -0.436. The van der Waals surface area contributed by atoms with Gasteiger partial charge in [0, 0.05) is 10.6 Å². The van der Waals surface area contributed by atoms with Crippen molar-refractivity contribution in [2.75, 3.05) is 11.9 Å². The average molecular weight is 391 g/mol. The third kappa shape index (κ3) is 5.37. The predicted octanol–water partition coefficient (Wildman–Crippen LogP) is 4.38. The van der Waals surface area contributed by atoms with E-state index in [1.807, 2.05) is 0 Å². The first-order valence-electron chi connectivity index (χ1n) is 6.87. The van der Waals surface area contributed by atoms with Crippen molar-refractivity contribution in [1.29, 1.82) is 0 Å². The molecule has 0 saturated carbocycles. The van der Waals surface area contributed by atoms with Gasteiger partial charge in [-0.2, -0.15) is 13.2 Å². The fourth-order valence-corrected chi connectivity index (χ4v) is 2.15. The Morgan fingerprint density at radius 1 is 1.00 bits per heavy atom. The summed E-state index contributed by atoms with van der Waals surface area (Å²) in [6, 6.07) is 8.53. The van der Waals surface area contributed by atoms with E-state index in [0.717, 1.165) is 18.2 Å². The van der Waals surface area contributed by atoms with Gasteiger partial charge >= 0.3 is 6.18 Å². The van der Waals surface area contributed by atoms with Crippen LogP contribution in [0.15, 0.2) is 42.5 Å². The highest BCUT2D eigenvalue weighted by Crippen LogP contribution is 2.33. The second-order valence-corrected chi connectivity index (χ2v) is 5.77. The molecule has 2 amide bonds. The first kappa shape index (κ1) is 19.1. The van der Waals surface area contributed by atoms with E-state index in [4.69, 9.17) is 23.2 Å². The Morgan fingerprint density at radius 3 is 2.24 bits per heavy atom. The predicted molar refractivity (Wildman–Crippen MR) is 88.9 cm³/mol. The number of benzene rings is 2. The number of nitrogens with one attached hydrogen (secondary N) is 2. The monoisotopic (exact) mass is 390 g/mol. The maximum Gasteiger partial charge on any atom is 0.416 e. The van der Waals surface area contributed by atoms with Gasteiger partial charge in [0.05, 0.1) is 22.8 Å². The van der Waals surface area contributed by atoms with Crippen molar-refractivity contribution in [2.24, 2.45) is 0 Å². The molecule has 0 unspecified atom stereocenters. The van der Waals surface area contributed by atoms with Crippen LogP contribution in [0.1, 0.15) is 15.9 Å². The Bertz CT molecular complexity index is 793. The van der Waals surface area contributed by atoms with E-state index in [2.05, 4.69) is 10.6 Å². The van der Waals surface area contributed by atoms with E-state index >= 15 is 0 Å². The quantitative estimate of drug-likeness (QED) is 0.813. The highest BCUT2D eigenvalue weighted by molar-refractivity contribution is 6.33. The molecule has 25 heavy (non-hydrogen) atoms. The number of carbonyl (C=O) groups is 2. The summed E-state index contributed by atoms with van der Waals surface area (Å²) >= 11 is 11.5. The molecular formula is C16H11Cl2F3N2O2. The molecule has 2 rings (SSSR count). The van der Waals surface area contributed by atoms with E-state index in [1.54, 1.807) is 0 Å². The van der Waals surface area contributed by atoms with Gasteiger partial charge in [-0.15, -0.1) is 0 Å². The number of carbonyl (C=O) groups excluding carboxylic acids is 2. The zero-order valence-electron chi connectivity index (χ0n) is 12.5. The molecule has 0 aliphatic carbocycles. The van der Waals surface area contributed by atoms with Gasteiger partial charge in [-0.1, -0.05) is 23.2 Å². The van der Waals surface area contributed by atoms with Crippen LogP contribution < -0.4 is 10.6 Å². The molecule has 4 nitrogen and oxygen atoms in total. The van der Waals surface area contributed by atoms with Crippen molar-refractivity contribution >= 4 is 40.7 Å². The lowest BCUT2D eigenvalue weighted by Gasteiger charge is -2.12. The molecule has 0 saturated heterocycles. The summed E-state index contributed by atoms with van der Waals surface area (Å²) in [4.78, 5) is 23.7. The standard InChI is InChI=1S/C16H11Cl2F3N2O2/c17-11-4-1-9(2-5-11)15(25)22-8-14(24)23-13-7-10(16(19,20)21)3-6-12(13)18/h1-7H,8H2,(H,22,25)(H,23,24). The number of halogens is 5. The molecule has 2 N–H and O–H groups in total. The van der Waals surface area contributed by atoms with Crippen LogP contribution in [0.25, 0.3) is 0 Å². The van der Waals surface area contributed by atoms with Crippen molar-refractivity contribution < 1.29 is 22.8 Å². The molecule has 0 aromatic heterocycles. The lowest BCUT2D eigenvalue weighted by atomic mass is 10.2. The molecule has 0 heterocycles. The first-order chi connectivity index (χ1) is 11.7. The normalized spacial score (nSPS) is 11.1. The largest absolute Gasteiger partial charge is 0.416 e. The minimum absolute atomic E-state index is 0.0506. The van der Waals surface area contributed by atoms with Crippen LogP contribution in [-0.2, 0) is 11.0 Å². The number of rotatable bonds is 4. The minimum atomic E-state index is -4.56. The third-order valence-corrected chi connectivity index (χ3v) is 3.67. The zero-order valence-corrected chi connectivity index (χ0v) is 14.0. The van der Waals surface area contributed by atoms with Crippen LogP contribution in [0.3, 0.4) is 0 Å². The van der Waals surface area contributed by atoms with Gasteiger partial charge in [0.15, 0.2) is 0 Å². The van der Waals surface area contributed by atoms with Gasteiger partial charge in [-0.25, -0.2) is 0 Å². The van der Waals surface area contributed by atoms with Crippen molar-refractivity contribution in [3.63, 3.8) is 0 Å². The number of amides is 2. The van der Waals surface area contributed by atoms with E-state index in [1.165, 1.54) is 24.3 Å². The van der Waals surface area contributed by atoms with Gasteiger partial charge in [0.2, 0.25) is 5.91 Å². The summed E-state index contributed by atoms with van der Waals surface area (Å²) in [7, 11) is 0. The Morgan fingerprint density at radius 2 is 1.64 bits per heavy atom. The van der Waals surface area contributed by atoms with Crippen molar-refractivity contribution in [3.05, 3.63) is 63.6 Å². The van der Waals surface area contributed by atoms with Crippen LogP contribution in [0.5, 0.6) is 0 Å². The lowest BCUT2D eigenvalue weighted by Crippen LogP contribution is -2.32. The summed E-state index contributed by atoms with van der Waals surface area (Å²) in [5.41, 5.74) is -0.853. The molecular weight excluding hydrogens is 380 g/mol. The molecule has 0 atom stereocenters. The van der Waals surface area contributed by atoms with E-state index in [0.29, 0.717) is 5.02 Å². The maximum atomic E-state index is 12.7. The molecule has 0 radical (unpaired) electrons. The second kappa shape index (κ2) is 7.76. The molecule has 0 fully saturated rings. The van der Waals surface area contributed by atoms with Crippen LogP contribution >= 0.6 is 23.2 Å². The lowest BCUT2D eigenvalue weighted by molar-refractivity contribution is -0.137. The highest BCUT2D eigenvalue weighted by atomic mass is 35.5. The van der Waals surface area contributed by atoms with Crippen LogP contribution in [0.4, 0.5) is 18.9 Å². The van der Waals surface area contributed by atoms with Crippen LogP contribution in [0.2, 0.25) is 10.0 Å². The van der Waals surface area contributed by atoms with Gasteiger partial charge in [-0.3, -0.25) is 9.59 Å². The molecule has 2 aromatic rings. The summed E-state index contributed by atoms with van der Waals surface area (Å²) in [5.74, 6) is -1.24. The third-order valence-electron chi connectivity index (χ3n) is 3.08. The Balaban J connectivity index is 1.98. The molecule has 0 spiro atoms. The van der Waals surface area contributed by atoms with E-state index in [-0.39, 0.29) is 16.3 Å². The highest BCUT2D eigenvalue weighted by Gasteiger charge is 2.31. The van der Waals surface area contributed by atoms with Crippen LogP contribution in [-0.4, -0.2) is 18.4 Å². The minimum Gasteiger partial charge on any atom is -0.343 e. The fourth-order valence-electron chi connectivity index (χ4n) is 1.86. The van der Waals surface area contributed by atoms with Crippen molar-refractivity contribution in [1.82, 2.24) is 5.32 Å². The molecule has 2 aromatic carbocycles. The smallest absolute Gasteiger partial charge is 0.343 e. The van der Waals surface area contributed by atoms with Gasteiger partial charge in [-0.05, 0) is 42.5 Å².